The first-order chi connectivity index (χ1) is 16.1. The number of hydrazone groups is 1. The summed E-state index contributed by atoms with van der Waals surface area (Å²) in [6.07, 6.45) is 1.54. The van der Waals surface area contributed by atoms with Gasteiger partial charge in [-0.2, -0.15) is 10.4 Å². The Morgan fingerprint density at radius 3 is 2.33 bits per heavy atom. The molecule has 0 aliphatic rings. The normalized spacial score (nSPS) is 10.5. The number of rotatable bonds is 10. The molecule has 1 amide bonds. The van der Waals surface area contributed by atoms with Crippen molar-refractivity contribution in [2.24, 2.45) is 5.10 Å². The van der Waals surface area contributed by atoms with Crippen molar-refractivity contribution >= 4 is 12.1 Å². The summed E-state index contributed by atoms with van der Waals surface area (Å²) < 4.78 is 17.0. The molecule has 0 unspecified atom stereocenters. The van der Waals surface area contributed by atoms with E-state index in [1.54, 1.807) is 54.7 Å². The minimum Gasteiger partial charge on any atom is -0.494 e. The number of hydrogen-bond donors (Lipinski definition) is 1. The standard InChI is InChI=1S/C26H25N3O4/c1-3-31-23-12-10-22(11-13-23)26(30)29-28-17-21-9-14-24(25(15-21)32-4-2)33-18-20-7-5-19(16-27)6-8-20/h5-15,17H,3-4,18H2,1-2H3,(H,29,30)/b28-17-. The van der Waals surface area contributed by atoms with Gasteiger partial charge in [0.15, 0.2) is 11.5 Å². The first-order valence-corrected chi connectivity index (χ1v) is 10.6. The van der Waals surface area contributed by atoms with Gasteiger partial charge in [0.05, 0.1) is 31.1 Å². The van der Waals surface area contributed by atoms with Gasteiger partial charge in [-0.3, -0.25) is 4.79 Å². The van der Waals surface area contributed by atoms with Gasteiger partial charge >= 0.3 is 0 Å². The molecule has 0 aliphatic heterocycles. The summed E-state index contributed by atoms with van der Waals surface area (Å²) in [7, 11) is 0. The lowest BCUT2D eigenvalue weighted by atomic mass is 10.1. The van der Waals surface area contributed by atoms with Crippen LogP contribution in [0.3, 0.4) is 0 Å². The van der Waals surface area contributed by atoms with Gasteiger partial charge in [0.1, 0.15) is 12.4 Å². The van der Waals surface area contributed by atoms with Crippen LogP contribution in [0, 0.1) is 11.3 Å². The molecule has 3 rings (SSSR count). The first kappa shape index (κ1) is 23.4. The van der Waals surface area contributed by atoms with Crippen LogP contribution in [0.15, 0.2) is 71.8 Å². The van der Waals surface area contributed by atoms with Crippen LogP contribution in [-0.4, -0.2) is 25.3 Å². The van der Waals surface area contributed by atoms with Crippen LogP contribution >= 0.6 is 0 Å². The highest BCUT2D eigenvalue weighted by Gasteiger charge is 2.08. The number of hydrogen-bond acceptors (Lipinski definition) is 6. The van der Waals surface area contributed by atoms with E-state index in [0.29, 0.717) is 48.2 Å². The van der Waals surface area contributed by atoms with Gasteiger partial charge < -0.3 is 14.2 Å². The topological polar surface area (TPSA) is 92.9 Å². The second-order valence-corrected chi connectivity index (χ2v) is 6.89. The third-order valence-electron chi connectivity index (χ3n) is 4.55. The number of carbonyl (C=O) groups is 1. The van der Waals surface area contributed by atoms with E-state index in [4.69, 9.17) is 19.5 Å². The molecule has 0 aliphatic carbocycles. The molecule has 0 saturated heterocycles. The molecule has 0 aromatic heterocycles. The molecule has 3 aromatic carbocycles. The van der Waals surface area contributed by atoms with Crippen molar-refractivity contribution < 1.29 is 19.0 Å². The molecule has 0 radical (unpaired) electrons. The van der Waals surface area contributed by atoms with Crippen molar-refractivity contribution in [3.8, 4) is 23.3 Å². The Morgan fingerprint density at radius 2 is 1.67 bits per heavy atom. The molecule has 0 bridgehead atoms. The van der Waals surface area contributed by atoms with Crippen molar-refractivity contribution in [1.29, 1.82) is 5.26 Å². The van der Waals surface area contributed by atoms with Crippen LogP contribution in [0.2, 0.25) is 0 Å². The van der Waals surface area contributed by atoms with E-state index in [1.165, 1.54) is 0 Å². The number of nitrogens with zero attached hydrogens (tertiary/aromatic N) is 2. The fourth-order valence-corrected chi connectivity index (χ4v) is 2.93. The third-order valence-corrected chi connectivity index (χ3v) is 4.55. The van der Waals surface area contributed by atoms with E-state index < -0.39 is 0 Å². The Bertz CT molecular complexity index is 1130. The molecular weight excluding hydrogens is 418 g/mol. The molecule has 0 atom stereocenters. The van der Waals surface area contributed by atoms with E-state index in [2.05, 4.69) is 16.6 Å². The first-order valence-electron chi connectivity index (χ1n) is 10.6. The van der Waals surface area contributed by atoms with Crippen LogP contribution in [0.1, 0.15) is 40.9 Å². The summed E-state index contributed by atoms with van der Waals surface area (Å²) in [5.41, 5.74) is 5.29. The van der Waals surface area contributed by atoms with Crippen LogP contribution < -0.4 is 19.6 Å². The van der Waals surface area contributed by atoms with E-state index in [9.17, 15) is 4.79 Å². The van der Waals surface area contributed by atoms with E-state index >= 15 is 0 Å². The van der Waals surface area contributed by atoms with E-state index in [0.717, 1.165) is 11.1 Å². The van der Waals surface area contributed by atoms with Gasteiger partial charge in [0.25, 0.3) is 5.91 Å². The zero-order chi connectivity index (χ0) is 23.5. The molecule has 0 spiro atoms. The lowest BCUT2D eigenvalue weighted by Crippen LogP contribution is -2.17. The summed E-state index contributed by atoms with van der Waals surface area (Å²) in [6, 6.07) is 21.6. The van der Waals surface area contributed by atoms with Gasteiger partial charge in [-0.25, -0.2) is 5.43 Å². The number of amides is 1. The molecule has 33 heavy (non-hydrogen) atoms. The predicted octanol–water partition coefficient (Wildman–Crippen LogP) is 4.70. The lowest BCUT2D eigenvalue weighted by Gasteiger charge is -2.12. The molecular formula is C26H25N3O4. The minimum atomic E-state index is -0.318. The van der Waals surface area contributed by atoms with Crippen molar-refractivity contribution in [1.82, 2.24) is 5.43 Å². The predicted molar refractivity (Wildman–Crippen MR) is 126 cm³/mol. The summed E-state index contributed by atoms with van der Waals surface area (Å²) in [6.45, 7) is 5.18. The van der Waals surface area contributed by atoms with Crippen LogP contribution in [0.25, 0.3) is 0 Å². The molecule has 3 aromatic rings. The Morgan fingerprint density at radius 1 is 0.939 bits per heavy atom. The Balaban J connectivity index is 1.61. The SMILES string of the molecule is CCOc1ccc(C(=O)N/N=C\c2ccc(OCc3ccc(C#N)cc3)c(OCC)c2)cc1. The highest BCUT2D eigenvalue weighted by molar-refractivity contribution is 5.95. The highest BCUT2D eigenvalue weighted by atomic mass is 16.5. The van der Waals surface area contributed by atoms with Crippen LogP contribution in [0.4, 0.5) is 0 Å². The van der Waals surface area contributed by atoms with Crippen molar-refractivity contribution in [3.05, 3.63) is 89.0 Å². The summed E-state index contributed by atoms with van der Waals surface area (Å²) in [4.78, 5) is 12.3. The summed E-state index contributed by atoms with van der Waals surface area (Å²) in [5, 5.41) is 12.9. The minimum absolute atomic E-state index is 0.318. The lowest BCUT2D eigenvalue weighted by molar-refractivity contribution is 0.0955. The molecule has 7 nitrogen and oxygen atoms in total. The maximum absolute atomic E-state index is 12.3. The van der Waals surface area contributed by atoms with Crippen LogP contribution in [-0.2, 0) is 6.61 Å². The maximum atomic E-state index is 12.3. The molecule has 168 valence electrons. The van der Waals surface area contributed by atoms with Gasteiger partial charge in [-0.05, 0) is 79.6 Å². The Hall–Kier alpha value is -4.31. The summed E-state index contributed by atoms with van der Waals surface area (Å²) >= 11 is 0. The van der Waals surface area contributed by atoms with Gasteiger partial charge in [0, 0.05) is 5.56 Å². The Kier molecular flexibility index (Phi) is 8.43. The van der Waals surface area contributed by atoms with Gasteiger partial charge in [-0.1, -0.05) is 12.1 Å². The Labute approximate surface area is 193 Å². The monoisotopic (exact) mass is 443 g/mol. The van der Waals surface area contributed by atoms with E-state index in [-0.39, 0.29) is 5.91 Å². The average Bonchev–Trinajstić information content (AvgIpc) is 2.84. The van der Waals surface area contributed by atoms with E-state index in [1.807, 2.05) is 32.0 Å². The molecule has 7 heteroatoms. The molecule has 0 saturated carbocycles. The van der Waals surface area contributed by atoms with Crippen molar-refractivity contribution in [2.45, 2.75) is 20.5 Å². The molecule has 0 fully saturated rings. The summed E-state index contributed by atoms with van der Waals surface area (Å²) in [5.74, 6) is 1.56. The third kappa shape index (κ3) is 6.84. The maximum Gasteiger partial charge on any atom is 0.271 e. The highest BCUT2D eigenvalue weighted by Crippen LogP contribution is 2.29. The molecule has 0 heterocycles. The number of ether oxygens (including phenoxy) is 3. The fourth-order valence-electron chi connectivity index (χ4n) is 2.93. The van der Waals surface area contributed by atoms with Crippen molar-refractivity contribution in [3.63, 3.8) is 0 Å². The van der Waals surface area contributed by atoms with Gasteiger partial charge in [0.2, 0.25) is 0 Å². The number of nitrogens with one attached hydrogen (secondary N) is 1. The fraction of sp³-hybridized carbons (Fsp3) is 0.192. The van der Waals surface area contributed by atoms with Crippen molar-refractivity contribution in [2.75, 3.05) is 13.2 Å². The average molecular weight is 444 g/mol. The quantitative estimate of drug-likeness (QED) is 0.362. The zero-order valence-corrected chi connectivity index (χ0v) is 18.6. The largest absolute Gasteiger partial charge is 0.494 e. The smallest absolute Gasteiger partial charge is 0.271 e. The van der Waals surface area contributed by atoms with Gasteiger partial charge in [-0.15, -0.1) is 0 Å². The molecule has 1 N–H and O–H groups in total. The number of nitriles is 1. The zero-order valence-electron chi connectivity index (χ0n) is 18.6. The second kappa shape index (κ2) is 11.9. The number of benzene rings is 3. The second-order valence-electron chi connectivity index (χ2n) is 6.89. The van der Waals surface area contributed by atoms with Crippen LogP contribution in [0.5, 0.6) is 17.2 Å². The number of carbonyl (C=O) groups excluding carboxylic acids is 1.